The van der Waals surface area contributed by atoms with Crippen molar-refractivity contribution < 1.29 is 23.7 Å². The molecule has 120 valence electrons. The van der Waals surface area contributed by atoms with Gasteiger partial charge in [0.05, 0.1) is 39.6 Å². The molecule has 0 aliphatic rings. The van der Waals surface area contributed by atoms with Crippen LogP contribution in [0.1, 0.15) is 26.2 Å². The fourth-order valence-electron chi connectivity index (χ4n) is 1.40. The Morgan fingerprint density at radius 1 is 0.900 bits per heavy atom. The van der Waals surface area contributed by atoms with Gasteiger partial charge in [-0.2, -0.15) is 0 Å². The van der Waals surface area contributed by atoms with Crippen molar-refractivity contribution in [2.75, 3.05) is 59.9 Å². The molecule has 20 heavy (non-hydrogen) atoms. The molecule has 0 atom stereocenters. The van der Waals surface area contributed by atoms with Crippen molar-refractivity contribution in [3.63, 3.8) is 0 Å². The van der Waals surface area contributed by atoms with E-state index < -0.39 is 0 Å². The van der Waals surface area contributed by atoms with E-state index in [1.165, 1.54) is 0 Å². The summed E-state index contributed by atoms with van der Waals surface area (Å²) in [4.78, 5) is 11.3. The molecule has 0 radical (unpaired) electrons. The van der Waals surface area contributed by atoms with E-state index in [4.69, 9.17) is 18.9 Å². The summed E-state index contributed by atoms with van der Waals surface area (Å²) >= 11 is 0. The van der Waals surface area contributed by atoms with Gasteiger partial charge in [0, 0.05) is 13.7 Å². The van der Waals surface area contributed by atoms with Gasteiger partial charge >= 0.3 is 0 Å². The number of rotatable bonds is 15. The second-order valence-corrected chi connectivity index (χ2v) is 4.33. The van der Waals surface area contributed by atoms with Crippen LogP contribution in [0, 0.1) is 0 Å². The molecule has 0 aromatic rings. The number of ether oxygens (including phenoxy) is 4. The number of methoxy groups -OCH3 is 1. The minimum Gasteiger partial charge on any atom is -0.382 e. The topological polar surface area (TPSA) is 66.0 Å². The van der Waals surface area contributed by atoms with Crippen molar-refractivity contribution in [3.05, 3.63) is 0 Å². The minimum absolute atomic E-state index is 0.0657. The van der Waals surface area contributed by atoms with E-state index in [-0.39, 0.29) is 12.5 Å². The molecule has 0 rings (SSSR count). The van der Waals surface area contributed by atoms with Crippen molar-refractivity contribution >= 4 is 5.91 Å². The third kappa shape index (κ3) is 15.4. The fourth-order valence-corrected chi connectivity index (χ4v) is 1.40. The maximum atomic E-state index is 11.3. The summed E-state index contributed by atoms with van der Waals surface area (Å²) in [5.74, 6) is -0.0657. The summed E-state index contributed by atoms with van der Waals surface area (Å²) in [5.41, 5.74) is 0. The lowest BCUT2D eigenvalue weighted by Crippen LogP contribution is -2.29. The Kier molecular flexibility index (Phi) is 15.8. The smallest absolute Gasteiger partial charge is 0.245 e. The van der Waals surface area contributed by atoms with Gasteiger partial charge in [0.2, 0.25) is 5.91 Å². The van der Waals surface area contributed by atoms with Gasteiger partial charge in [-0.15, -0.1) is 0 Å². The van der Waals surface area contributed by atoms with Crippen LogP contribution < -0.4 is 5.32 Å². The van der Waals surface area contributed by atoms with Crippen LogP contribution in [0.2, 0.25) is 0 Å². The van der Waals surface area contributed by atoms with E-state index in [0.717, 1.165) is 25.8 Å². The lowest BCUT2D eigenvalue weighted by atomic mass is 10.2. The second-order valence-electron chi connectivity index (χ2n) is 4.33. The number of carbonyl (C=O) groups excluding carboxylic acids is 1. The van der Waals surface area contributed by atoms with Crippen LogP contribution in [0.25, 0.3) is 0 Å². The predicted octanol–water partition coefficient (Wildman–Crippen LogP) is 0.989. The van der Waals surface area contributed by atoms with Crippen LogP contribution in [0.15, 0.2) is 0 Å². The van der Waals surface area contributed by atoms with E-state index in [1.54, 1.807) is 7.11 Å². The van der Waals surface area contributed by atoms with E-state index in [9.17, 15) is 4.79 Å². The maximum absolute atomic E-state index is 11.3. The monoisotopic (exact) mass is 291 g/mol. The van der Waals surface area contributed by atoms with Crippen LogP contribution in [0.5, 0.6) is 0 Å². The molecular weight excluding hydrogens is 262 g/mol. The van der Waals surface area contributed by atoms with Crippen molar-refractivity contribution in [2.24, 2.45) is 0 Å². The quantitative estimate of drug-likeness (QED) is 0.456. The number of nitrogens with one attached hydrogen (secondary N) is 1. The molecule has 0 fully saturated rings. The van der Waals surface area contributed by atoms with Crippen LogP contribution in [-0.4, -0.2) is 65.8 Å². The summed E-state index contributed by atoms with van der Waals surface area (Å²) < 4.78 is 20.6. The van der Waals surface area contributed by atoms with Crippen LogP contribution >= 0.6 is 0 Å². The van der Waals surface area contributed by atoms with Crippen molar-refractivity contribution in [2.45, 2.75) is 26.2 Å². The van der Waals surface area contributed by atoms with Gasteiger partial charge in [-0.25, -0.2) is 0 Å². The van der Waals surface area contributed by atoms with Gasteiger partial charge in [0.1, 0.15) is 6.61 Å². The largest absolute Gasteiger partial charge is 0.382 e. The van der Waals surface area contributed by atoms with Crippen LogP contribution in [0.3, 0.4) is 0 Å². The number of unbranched alkanes of at least 4 members (excludes halogenated alkanes) is 2. The molecular formula is C14H29NO5. The first kappa shape index (κ1) is 19.3. The van der Waals surface area contributed by atoms with Gasteiger partial charge in [0.25, 0.3) is 0 Å². The van der Waals surface area contributed by atoms with E-state index >= 15 is 0 Å². The first-order valence-corrected chi connectivity index (χ1v) is 7.30. The number of amides is 1. The Balaban J connectivity index is 3.09. The van der Waals surface area contributed by atoms with E-state index in [0.29, 0.717) is 39.6 Å². The average Bonchev–Trinajstić information content (AvgIpc) is 2.45. The zero-order valence-electron chi connectivity index (χ0n) is 12.8. The summed E-state index contributed by atoms with van der Waals surface area (Å²) in [6.07, 6.45) is 3.31. The molecule has 6 nitrogen and oxygen atoms in total. The Labute approximate surface area is 122 Å². The molecule has 0 unspecified atom stereocenters. The fraction of sp³-hybridized carbons (Fsp3) is 0.929. The average molecular weight is 291 g/mol. The van der Waals surface area contributed by atoms with Gasteiger partial charge < -0.3 is 24.3 Å². The molecule has 0 aliphatic heterocycles. The van der Waals surface area contributed by atoms with E-state index in [1.807, 2.05) is 0 Å². The molecule has 0 saturated carbocycles. The molecule has 0 aromatic heterocycles. The zero-order valence-corrected chi connectivity index (χ0v) is 12.8. The number of carbonyl (C=O) groups is 1. The first-order valence-electron chi connectivity index (χ1n) is 7.30. The highest BCUT2D eigenvalue weighted by atomic mass is 16.6. The number of hydrogen-bond acceptors (Lipinski definition) is 5. The molecule has 0 aliphatic carbocycles. The molecule has 0 saturated heterocycles. The van der Waals surface area contributed by atoms with Gasteiger partial charge in [-0.1, -0.05) is 19.8 Å². The molecule has 0 heterocycles. The molecule has 6 heteroatoms. The normalized spacial score (nSPS) is 10.7. The molecule has 0 bridgehead atoms. The molecule has 1 amide bonds. The third-order valence-corrected chi connectivity index (χ3v) is 2.51. The SMILES string of the molecule is CCCCCNC(=O)COCCOCCOCCOC. The predicted molar refractivity (Wildman–Crippen MR) is 76.9 cm³/mol. The summed E-state index contributed by atoms with van der Waals surface area (Å²) in [6, 6.07) is 0. The van der Waals surface area contributed by atoms with Gasteiger partial charge in [0.15, 0.2) is 0 Å². The lowest BCUT2D eigenvalue weighted by Gasteiger charge is -2.07. The van der Waals surface area contributed by atoms with E-state index in [2.05, 4.69) is 12.2 Å². The second kappa shape index (κ2) is 16.4. The third-order valence-electron chi connectivity index (χ3n) is 2.51. The van der Waals surface area contributed by atoms with Crippen LogP contribution in [-0.2, 0) is 23.7 Å². The minimum atomic E-state index is -0.0657. The Morgan fingerprint density at radius 3 is 2.10 bits per heavy atom. The molecule has 0 aromatic carbocycles. The summed E-state index contributed by atoms with van der Waals surface area (Å²) in [5, 5.41) is 2.81. The van der Waals surface area contributed by atoms with Crippen molar-refractivity contribution in [3.8, 4) is 0 Å². The van der Waals surface area contributed by atoms with Gasteiger partial charge in [-0.3, -0.25) is 4.79 Å². The number of hydrogen-bond donors (Lipinski definition) is 1. The lowest BCUT2D eigenvalue weighted by molar-refractivity contribution is -0.126. The van der Waals surface area contributed by atoms with Crippen molar-refractivity contribution in [1.29, 1.82) is 0 Å². The first-order chi connectivity index (χ1) is 9.81. The Morgan fingerprint density at radius 2 is 1.50 bits per heavy atom. The highest BCUT2D eigenvalue weighted by molar-refractivity contribution is 5.77. The molecule has 0 spiro atoms. The van der Waals surface area contributed by atoms with Gasteiger partial charge in [-0.05, 0) is 6.42 Å². The summed E-state index contributed by atoms with van der Waals surface area (Å²) in [7, 11) is 1.64. The highest BCUT2D eigenvalue weighted by Gasteiger charge is 2.00. The zero-order chi connectivity index (χ0) is 14.9. The van der Waals surface area contributed by atoms with Crippen molar-refractivity contribution in [1.82, 2.24) is 5.32 Å². The Bertz CT molecular complexity index is 214. The summed E-state index contributed by atoms with van der Waals surface area (Å²) in [6.45, 7) is 6.08. The Hall–Kier alpha value is -0.690. The standard InChI is InChI=1S/C14H29NO5/c1-3-4-5-6-15-14(16)13-20-12-11-19-10-9-18-8-7-17-2/h3-13H2,1-2H3,(H,15,16). The molecule has 1 N–H and O–H groups in total. The maximum Gasteiger partial charge on any atom is 0.245 e. The van der Waals surface area contributed by atoms with Crippen LogP contribution in [0.4, 0.5) is 0 Å². The highest BCUT2D eigenvalue weighted by Crippen LogP contribution is 1.91.